The second-order valence-electron chi connectivity index (χ2n) is 9.17. The van der Waals surface area contributed by atoms with Gasteiger partial charge in [-0.15, -0.1) is 29.8 Å². The van der Waals surface area contributed by atoms with Crippen molar-refractivity contribution in [3.8, 4) is 10.6 Å². The number of hydrogen-bond acceptors (Lipinski definition) is 5. The Hall–Kier alpha value is -1.75. The van der Waals surface area contributed by atoms with Gasteiger partial charge < -0.3 is 19.3 Å². The lowest BCUT2D eigenvalue weighted by atomic mass is 10.0. The Balaban J connectivity index is 0.000000229. The SMILES string of the molecule is CCn1c(C(=O)NC2CCN(C(C)C)CC2)cc2c(P)cc(P)cc21.Clc1ccc(-c2ccno2)s1. The van der Waals surface area contributed by atoms with Crippen LogP contribution in [0.2, 0.25) is 4.34 Å². The number of piperidine rings is 1. The van der Waals surface area contributed by atoms with Crippen LogP contribution < -0.4 is 15.9 Å². The lowest BCUT2D eigenvalue weighted by Crippen LogP contribution is -2.46. The number of carbonyl (C=O) groups excluding carboxylic acids is 1. The molecule has 1 aromatic carbocycles. The first-order valence-electron chi connectivity index (χ1n) is 12.2. The molecule has 0 aliphatic carbocycles. The molecule has 0 saturated carbocycles. The number of aromatic nitrogens is 2. The summed E-state index contributed by atoms with van der Waals surface area (Å²) in [6, 6.07) is 12.7. The van der Waals surface area contributed by atoms with E-state index in [1.165, 1.54) is 11.3 Å². The maximum Gasteiger partial charge on any atom is 0.268 e. The molecule has 1 N–H and O–H groups in total. The number of amides is 1. The third kappa shape index (κ3) is 6.38. The van der Waals surface area contributed by atoms with Crippen LogP contribution in [-0.2, 0) is 6.54 Å². The zero-order chi connectivity index (χ0) is 25.8. The normalized spacial score (nSPS) is 14.8. The van der Waals surface area contributed by atoms with E-state index >= 15 is 0 Å². The second-order valence-corrected chi connectivity index (χ2v) is 12.2. The topological polar surface area (TPSA) is 63.3 Å². The molecule has 1 saturated heterocycles. The van der Waals surface area contributed by atoms with Crippen molar-refractivity contribution in [3.05, 3.63) is 52.6 Å². The highest BCUT2D eigenvalue weighted by molar-refractivity contribution is 7.30. The Bertz CT molecular complexity index is 1310. The number of hydrogen-bond donors (Lipinski definition) is 1. The third-order valence-corrected chi connectivity index (χ3v) is 8.53. The Labute approximate surface area is 226 Å². The Kier molecular flexibility index (Phi) is 9.24. The van der Waals surface area contributed by atoms with Crippen LogP contribution >= 0.6 is 41.4 Å². The Morgan fingerprint density at radius 2 is 1.97 bits per heavy atom. The molecule has 5 rings (SSSR count). The van der Waals surface area contributed by atoms with Crippen LogP contribution in [0, 0.1) is 0 Å². The highest BCUT2D eigenvalue weighted by atomic mass is 35.5. The van der Waals surface area contributed by atoms with E-state index in [9.17, 15) is 4.79 Å². The molecular weight excluding hydrogens is 530 g/mol. The smallest absolute Gasteiger partial charge is 0.268 e. The first-order chi connectivity index (χ1) is 17.3. The van der Waals surface area contributed by atoms with E-state index < -0.39 is 0 Å². The molecule has 6 nitrogen and oxygen atoms in total. The molecule has 4 aromatic rings. The molecule has 10 heteroatoms. The summed E-state index contributed by atoms with van der Waals surface area (Å²) < 4.78 is 7.82. The Morgan fingerprint density at radius 3 is 2.56 bits per heavy atom. The monoisotopic (exact) mass is 562 g/mol. The van der Waals surface area contributed by atoms with Crippen molar-refractivity contribution >= 4 is 68.8 Å². The number of benzene rings is 1. The molecule has 1 aliphatic heterocycles. The molecule has 3 aromatic heterocycles. The average molecular weight is 563 g/mol. The molecule has 2 unspecified atom stereocenters. The lowest BCUT2D eigenvalue weighted by Gasteiger charge is -2.34. The van der Waals surface area contributed by atoms with E-state index in [1.54, 1.807) is 6.20 Å². The van der Waals surface area contributed by atoms with Crippen molar-refractivity contribution in [2.45, 2.75) is 52.2 Å². The average Bonchev–Trinajstić information content (AvgIpc) is 3.59. The fraction of sp³-hybridized carbons (Fsp3) is 0.385. The van der Waals surface area contributed by atoms with Crippen molar-refractivity contribution in [1.29, 1.82) is 0 Å². The summed E-state index contributed by atoms with van der Waals surface area (Å²) in [6.07, 6.45) is 3.67. The van der Waals surface area contributed by atoms with Crippen molar-refractivity contribution in [2.24, 2.45) is 0 Å². The summed E-state index contributed by atoms with van der Waals surface area (Å²) in [6.45, 7) is 9.47. The van der Waals surface area contributed by atoms with Crippen LogP contribution in [0.3, 0.4) is 0 Å². The molecule has 192 valence electrons. The molecular formula is C26H33ClN4O2P2S. The predicted octanol–water partition coefficient (Wildman–Crippen LogP) is 5.32. The number of halogens is 1. The highest BCUT2D eigenvalue weighted by Gasteiger charge is 2.24. The minimum Gasteiger partial charge on any atom is -0.355 e. The van der Waals surface area contributed by atoms with Gasteiger partial charge in [0.25, 0.3) is 5.91 Å². The molecule has 4 heterocycles. The standard InChI is InChI=1S/C19H29N3OP2.C7H4ClNOS/c1-4-22-16-9-14(24)10-18(25)15(16)11-17(22)19(23)20-13-5-7-21(8-6-13)12(2)3;8-7-2-1-6(11-7)5-3-4-9-10-5/h9-13H,4-8,24-25H2,1-3H3,(H,20,23);1-4H. The van der Waals surface area contributed by atoms with Crippen molar-refractivity contribution < 1.29 is 9.32 Å². The number of nitrogens with one attached hydrogen (secondary N) is 1. The van der Waals surface area contributed by atoms with Crippen LogP contribution in [0.1, 0.15) is 44.1 Å². The van der Waals surface area contributed by atoms with Gasteiger partial charge in [0.1, 0.15) is 5.69 Å². The van der Waals surface area contributed by atoms with E-state index in [0.29, 0.717) is 6.04 Å². The molecule has 1 amide bonds. The molecule has 1 aliphatic rings. The van der Waals surface area contributed by atoms with Gasteiger partial charge in [0.15, 0.2) is 5.76 Å². The second kappa shape index (κ2) is 12.2. The van der Waals surface area contributed by atoms with Crippen molar-refractivity contribution in [3.63, 3.8) is 0 Å². The number of aryl methyl sites for hydroxylation is 1. The van der Waals surface area contributed by atoms with Gasteiger partial charge in [-0.05, 0) is 74.6 Å². The van der Waals surface area contributed by atoms with Gasteiger partial charge in [0.05, 0.1) is 15.4 Å². The van der Waals surface area contributed by atoms with Crippen LogP contribution in [-0.4, -0.2) is 45.7 Å². The number of fused-ring (bicyclic) bond motifs is 1. The molecule has 2 atom stereocenters. The van der Waals surface area contributed by atoms with Gasteiger partial charge in [-0.25, -0.2) is 0 Å². The van der Waals surface area contributed by atoms with E-state index in [4.69, 9.17) is 16.1 Å². The van der Waals surface area contributed by atoms with E-state index in [1.807, 2.05) is 24.3 Å². The lowest BCUT2D eigenvalue weighted by molar-refractivity contribution is 0.0892. The summed E-state index contributed by atoms with van der Waals surface area (Å²) in [4.78, 5) is 16.4. The fourth-order valence-corrected chi connectivity index (χ4v) is 6.50. The first kappa shape index (κ1) is 27.3. The van der Waals surface area contributed by atoms with Crippen LogP contribution in [0.15, 0.2) is 47.1 Å². The summed E-state index contributed by atoms with van der Waals surface area (Å²) >= 11 is 7.21. The molecule has 0 spiro atoms. The fourth-order valence-electron chi connectivity index (χ4n) is 4.55. The number of rotatable bonds is 5. The van der Waals surface area contributed by atoms with E-state index in [2.05, 4.69) is 71.3 Å². The maximum absolute atomic E-state index is 12.9. The zero-order valence-electron chi connectivity index (χ0n) is 20.8. The first-order valence-corrected chi connectivity index (χ1v) is 14.5. The summed E-state index contributed by atoms with van der Waals surface area (Å²) in [5.41, 5.74) is 1.89. The van der Waals surface area contributed by atoms with Crippen LogP contribution in [0.5, 0.6) is 0 Å². The third-order valence-electron chi connectivity index (χ3n) is 6.47. The quantitative estimate of drug-likeness (QED) is 0.334. The van der Waals surface area contributed by atoms with Gasteiger partial charge >= 0.3 is 0 Å². The number of thiophene rings is 1. The van der Waals surface area contributed by atoms with Crippen LogP contribution in [0.25, 0.3) is 21.5 Å². The van der Waals surface area contributed by atoms with Gasteiger partial charge in [0.2, 0.25) is 0 Å². The minimum absolute atomic E-state index is 0.0516. The molecule has 1 fully saturated rings. The van der Waals surface area contributed by atoms with Gasteiger partial charge in [-0.3, -0.25) is 4.79 Å². The molecule has 36 heavy (non-hydrogen) atoms. The zero-order valence-corrected chi connectivity index (χ0v) is 24.7. The summed E-state index contributed by atoms with van der Waals surface area (Å²) in [7, 11) is 5.53. The molecule has 0 bridgehead atoms. The predicted molar refractivity (Wildman–Crippen MR) is 158 cm³/mol. The van der Waals surface area contributed by atoms with E-state index in [0.717, 1.165) is 74.7 Å². The largest absolute Gasteiger partial charge is 0.355 e. The molecule has 0 radical (unpaired) electrons. The number of nitrogens with zero attached hydrogens (tertiary/aromatic N) is 3. The Morgan fingerprint density at radius 1 is 1.22 bits per heavy atom. The van der Waals surface area contributed by atoms with Gasteiger partial charge in [-0.1, -0.05) is 16.8 Å². The summed E-state index contributed by atoms with van der Waals surface area (Å²) in [5, 5.41) is 10.3. The van der Waals surface area contributed by atoms with Crippen LogP contribution in [0.4, 0.5) is 0 Å². The van der Waals surface area contributed by atoms with E-state index in [-0.39, 0.29) is 11.9 Å². The number of likely N-dealkylation sites (tertiary alicyclic amines) is 1. The van der Waals surface area contributed by atoms with Crippen molar-refractivity contribution in [1.82, 2.24) is 19.9 Å². The highest BCUT2D eigenvalue weighted by Crippen LogP contribution is 2.30. The number of carbonyl (C=O) groups is 1. The van der Waals surface area contributed by atoms with Crippen molar-refractivity contribution in [2.75, 3.05) is 13.1 Å². The van der Waals surface area contributed by atoms with Gasteiger partial charge in [-0.2, -0.15) is 0 Å². The van der Waals surface area contributed by atoms with Gasteiger partial charge in [0, 0.05) is 48.7 Å². The summed E-state index contributed by atoms with van der Waals surface area (Å²) in [5.74, 6) is 0.817. The minimum atomic E-state index is 0.0516. The maximum atomic E-state index is 12.9.